The highest BCUT2D eigenvalue weighted by atomic mass is 16.5. The van der Waals surface area contributed by atoms with Gasteiger partial charge in [0.1, 0.15) is 11.5 Å². The summed E-state index contributed by atoms with van der Waals surface area (Å²) in [4.78, 5) is 0. The lowest BCUT2D eigenvalue weighted by atomic mass is 9.65. The Morgan fingerprint density at radius 2 is 1.15 bits per heavy atom. The third kappa shape index (κ3) is 1.97. The first-order valence-electron chi connectivity index (χ1n) is 9.19. The SMILES string of the molecule is CCC1(c2cccc3ccccc23)c2ccccc2Oc2ccccc21. The summed E-state index contributed by atoms with van der Waals surface area (Å²) in [5, 5.41) is 2.59. The van der Waals surface area contributed by atoms with E-state index in [1.54, 1.807) is 0 Å². The number of rotatable bonds is 2. The molecule has 26 heavy (non-hydrogen) atoms. The zero-order valence-corrected chi connectivity index (χ0v) is 14.8. The second kappa shape index (κ2) is 5.74. The number of hydrogen-bond acceptors (Lipinski definition) is 1. The molecule has 126 valence electrons. The lowest BCUT2D eigenvalue weighted by Crippen LogP contribution is -2.32. The van der Waals surface area contributed by atoms with Crippen molar-refractivity contribution in [3.63, 3.8) is 0 Å². The number of ether oxygens (including phenoxy) is 1. The number of fused-ring (bicyclic) bond motifs is 3. The molecule has 0 saturated heterocycles. The molecule has 1 heterocycles. The van der Waals surface area contributed by atoms with Crippen molar-refractivity contribution in [1.82, 2.24) is 0 Å². The van der Waals surface area contributed by atoms with Crippen LogP contribution in [0.1, 0.15) is 30.0 Å². The van der Waals surface area contributed by atoms with E-state index in [-0.39, 0.29) is 5.41 Å². The molecular weight excluding hydrogens is 316 g/mol. The molecule has 0 aromatic heterocycles. The molecule has 1 aliphatic rings. The van der Waals surface area contributed by atoms with Crippen molar-refractivity contribution in [1.29, 1.82) is 0 Å². The fraction of sp³-hybridized carbons (Fsp3) is 0.120. The van der Waals surface area contributed by atoms with Gasteiger partial charge in [-0.15, -0.1) is 0 Å². The Morgan fingerprint density at radius 3 is 1.85 bits per heavy atom. The molecule has 0 saturated carbocycles. The van der Waals surface area contributed by atoms with Crippen LogP contribution in [0.4, 0.5) is 0 Å². The van der Waals surface area contributed by atoms with Gasteiger partial charge in [0.15, 0.2) is 0 Å². The van der Waals surface area contributed by atoms with Gasteiger partial charge in [0.2, 0.25) is 0 Å². The molecule has 0 radical (unpaired) electrons. The highest BCUT2D eigenvalue weighted by Gasteiger charge is 2.42. The zero-order valence-electron chi connectivity index (χ0n) is 14.8. The largest absolute Gasteiger partial charge is 0.457 e. The average molecular weight is 336 g/mol. The van der Waals surface area contributed by atoms with Crippen molar-refractivity contribution in [2.24, 2.45) is 0 Å². The van der Waals surface area contributed by atoms with Gasteiger partial charge in [0.25, 0.3) is 0 Å². The quantitative estimate of drug-likeness (QED) is 0.396. The first-order chi connectivity index (χ1) is 12.8. The Balaban J connectivity index is 1.94. The van der Waals surface area contributed by atoms with Crippen LogP contribution in [0.3, 0.4) is 0 Å². The molecule has 0 amide bonds. The Kier molecular flexibility index (Phi) is 3.36. The van der Waals surface area contributed by atoms with E-state index in [1.807, 2.05) is 0 Å². The van der Waals surface area contributed by atoms with Crippen molar-refractivity contribution in [2.45, 2.75) is 18.8 Å². The monoisotopic (exact) mass is 336 g/mol. The van der Waals surface area contributed by atoms with Crippen LogP contribution in [0.15, 0.2) is 91.0 Å². The summed E-state index contributed by atoms with van der Waals surface area (Å²) in [6, 6.07) is 32.3. The standard InChI is InChI=1S/C25H20O/c1-2-25(20-15-9-11-18-10-3-4-12-19(18)20)21-13-5-7-16-23(21)26-24-17-8-6-14-22(24)25/h3-17H,2H2,1H3. The van der Waals surface area contributed by atoms with E-state index in [0.29, 0.717) is 0 Å². The molecule has 0 bridgehead atoms. The molecule has 1 heteroatoms. The molecular formula is C25H20O. The van der Waals surface area contributed by atoms with Crippen LogP contribution in [0.5, 0.6) is 11.5 Å². The third-order valence-electron chi connectivity index (χ3n) is 5.69. The predicted molar refractivity (Wildman–Crippen MR) is 107 cm³/mol. The fourth-order valence-corrected chi connectivity index (χ4v) is 4.54. The fourth-order valence-electron chi connectivity index (χ4n) is 4.54. The van der Waals surface area contributed by atoms with Gasteiger partial charge in [-0.3, -0.25) is 0 Å². The Bertz CT molecular complexity index is 1060. The van der Waals surface area contributed by atoms with Crippen molar-refractivity contribution >= 4 is 10.8 Å². The van der Waals surface area contributed by atoms with Gasteiger partial charge in [-0.2, -0.15) is 0 Å². The second-order valence-corrected chi connectivity index (χ2v) is 6.88. The highest BCUT2D eigenvalue weighted by Crippen LogP contribution is 2.54. The summed E-state index contributed by atoms with van der Waals surface area (Å²) in [7, 11) is 0. The van der Waals surface area contributed by atoms with Gasteiger partial charge in [-0.1, -0.05) is 85.8 Å². The lowest BCUT2D eigenvalue weighted by molar-refractivity contribution is 0.413. The molecule has 1 aliphatic heterocycles. The molecule has 1 nitrogen and oxygen atoms in total. The molecule has 4 aromatic rings. The van der Waals surface area contributed by atoms with E-state index in [2.05, 4.69) is 97.9 Å². The van der Waals surface area contributed by atoms with Gasteiger partial charge in [0.05, 0.1) is 5.41 Å². The predicted octanol–water partition coefficient (Wildman–Crippen LogP) is 6.69. The van der Waals surface area contributed by atoms with Crippen LogP contribution in [-0.2, 0) is 5.41 Å². The molecule has 5 rings (SSSR count). The number of benzene rings is 4. The van der Waals surface area contributed by atoms with Gasteiger partial charge >= 0.3 is 0 Å². The molecule has 0 unspecified atom stereocenters. The first-order valence-corrected chi connectivity index (χ1v) is 9.19. The van der Waals surface area contributed by atoms with Gasteiger partial charge in [-0.25, -0.2) is 0 Å². The van der Waals surface area contributed by atoms with E-state index in [9.17, 15) is 0 Å². The molecule has 0 aliphatic carbocycles. The summed E-state index contributed by atoms with van der Waals surface area (Å²) < 4.78 is 6.27. The van der Waals surface area contributed by atoms with Gasteiger partial charge in [-0.05, 0) is 34.9 Å². The van der Waals surface area contributed by atoms with Gasteiger partial charge < -0.3 is 4.74 Å². The van der Waals surface area contributed by atoms with Crippen molar-refractivity contribution in [3.8, 4) is 11.5 Å². The minimum Gasteiger partial charge on any atom is -0.457 e. The van der Waals surface area contributed by atoms with Crippen molar-refractivity contribution in [3.05, 3.63) is 108 Å². The van der Waals surface area contributed by atoms with Crippen LogP contribution < -0.4 is 4.74 Å². The highest BCUT2D eigenvalue weighted by molar-refractivity contribution is 5.88. The molecule has 4 aromatic carbocycles. The summed E-state index contributed by atoms with van der Waals surface area (Å²) >= 11 is 0. The summed E-state index contributed by atoms with van der Waals surface area (Å²) in [6.07, 6.45) is 0.971. The van der Waals surface area contributed by atoms with E-state index >= 15 is 0 Å². The smallest absolute Gasteiger partial charge is 0.131 e. The maximum absolute atomic E-state index is 6.27. The van der Waals surface area contributed by atoms with Crippen molar-refractivity contribution < 1.29 is 4.74 Å². The normalized spacial score (nSPS) is 14.3. The van der Waals surface area contributed by atoms with Crippen LogP contribution in [0.25, 0.3) is 10.8 Å². The number of para-hydroxylation sites is 2. The van der Waals surface area contributed by atoms with Crippen molar-refractivity contribution in [2.75, 3.05) is 0 Å². The van der Waals surface area contributed by atoms with E-state index in [1.165, 1.54) is 27.5 Å². The maximum Gasteiger partial charge on any atom is 0.131 e. The Labute approximate surface area is 153 Å². The van der Waals surface area contributed by atoms with E-state index in [4.69, 9.17) is 4.74 Å². The lowest BCUT2D eigenvalue weighted by Gasteiger charge is -2.41. The molecule has 0 fully saturated rings. The topological polar surface area (TPSA) is 9.23 Å². The minimum absolute atomic E-state index is 0.216. The minimum atomic E-state index is -0.216. The maximum atomic E-state index is 6.27. The molecule has 0 spiro atoms. The summed E-state index contributed by atoms with van der Waals surface area (Å²) in [6.45, 7) is 2.28. The second-order valence-electron chi connectivity index (χ2n) is 6.88. The average Bonchev–Trinajstić information content (AvgIpc) is 2.72. The van der Waals surface area contributed by atoms with Crippen LogP contribution in [0, 0.1) is 0 Å². The van der Waals surface area contributed by atoms with Gasteiger partial charge in [0, 0.05) is 11.1 Å². The van der Waals surface area contributed by atoms with Crippen LogP contribution in [-0.4, -0.2) is 0 Å². The first kappa shape index (κ1) is 15.2. The molecule has 0 atom stereocenters. The Morgan fingerprint density at radius 1 is 0.615 bits per heavy atom. The summed E-state index contributed by atoms with van der Waals surface area (Å²) in [5.41, 5.74) is 3.63. The molecule has 0 N–H and O–H groups in total. The summed E-state index contributed by atoms with van der Waals surface area (Å²) in [5.74, 6) is 1.92. The van der Waals surface area contributed by atoms with E-state index in [0.717, 1.165) is 17.9 Å². The van der Waals surface area contributed by atoms with E-state index < -0.39 is 0 Å². The van der Waals surface area contributed by atoms with Crippen LogP contribution >= 0.6 is 0 Å². The Hall–Kier alpha value is -3.06. The number of hydrogen-bond donors (Lipinski definition) is 0. The zero-order chi connectivity index (χ0) is 17.6. The third-order valence-corrected chi connectivity index (χ3v) is 5.69. The van der Waals surface area contributed by atoms with Crippen LogP contribution in [0.2, 0.25) is 0 Å².